The lowest BCUT2D eigenvalue weighted by Crippen LogP contribution is -1.81. The first-order valence-corrected chi connectivity index (χ1v) is 4.11. The highest BCUT2D eigenvalue weighted by Gasteiger charge is 1.92. The quantitative estimate of drug-likeness (QED) is 0.396. The van der Waals surface area contributed by atoms with Crippen molar-refractivity contribution in [2.45, 2.75) is 5.33 Å². The molecule has 0 aromatic heterocycles. The fourth-order valence-electron chi connectivity index (χ4n) is 0.693. The molecule has 0 spiro atoms. The first-order chi connectivity index (χ1) is 4.86. The van der Waals surface area contributed by atoms with Crippen molar-refractivity contribution >= 4 is 22.2 Å². The van der Waals surface area contributed by atoms with Gasteiger partial charge < -0.3 is 0 Å². The number of hydrogen-bond acceptors (Lipinski definition) is 0. The SMILES string of the molecule is [OH+]=Cc1ccc(CBr)cc1. The predicted molar refractivity (Wildman–Crippen MR) is 46.2 cm³/mol. The third-order valence-corrected chi connectivity index (χ3v) is 1.93. The number of rotatable bonds is 2. The molecule has 0 aliphatic carbocycles. The zero-order valence-corrected chi connectivity index (χ0v) is 7.01. The van der Waals surface area contributed by atoms with Gasteiger partial charge in [-0.2, -0.15) is 0 Å². The molecule has 1 nitrogen and oxygen atoms in total. The van der Waals surface area contributed by atoms with Gasteiger partial charge in [-0.1, -0.05) is 28.1 Å². The average Bonchev–Trinajstić information content (AvgIpc) is 2.05. The summed E-state index contributed by atoms with van der Waals surface area (Å²) < 4.78 is 0. The molecule has 0 unspecified atom stereocenters. The van der Waals surface area contributed by atoms with E-state index in [2.05, 4.69) is 15.9 Å². The van der Waals surface area contributed by atoms with Crippen molar-refractivity contribution in [1.82, 2.24) is 0 Å². The van der Waals surface area contributed by atoms with E-state index < -0.39 is 0 Å². The first kappa shape index (κ1) is 7.48. The van der Waals surface area contributed by atoms with Crippen molar-refractivity contribution in [3.8, 4) is 0 Å². The van der Waals surface area contributed by atoms with Crippen LogP contribution in [0.5, 0.6) is 0 Å². The molecular weight excluding hydrogens is 192 g/mol. The Morgan fingerprint density at radius 1 is 1.30 bits per heavy atom. The van der Waals surface area contributed by atoms with Crippen LogP contribution in [0.3, 0.4) is 0 Å². The molecule has 0 atom stereocenters. The lowest BCUT2D eigenvalue weighted by Gasteiger charge is -1.91. The molecule has 1 rings (SSSR count). The van der Waals surface area contributed by atoms with Gasteiger partial charge in [0.05, 0.1) is 5.56 Å². The molecule has 1 aromatic carbocycles. The molecule has 0 heterocycles. The molecule has 10 heavy (non-hydrogen) atoms. The molecule has 0 bridgehead atoms. The molecule has 52 valence electrons. The third-order valence-electron chi connectivity index (χ3n) is 1.28. The van der Waals surface area contributed by atoms with Gasteiger partial charge in [-0.25, -0.2) is 0 Å². The summed E-state index contributed by atoms with van der Waals surface area (Å²) in [7, 11) is 0. The number of aldehydes is 1. The number of hydrogen-bond donors (Lipinski definition) is 0. The van der Waals surface area contributed by atoms with Gasteiger partial charge in [0.15, 0.2) is 0 Å². The molecule has 0 amide bonds. The summed E-state index contributed by atoms with van der Waals surface area (Å²) in [6.07, 6.45) is 1.10. The van der Waals surface area contributed by atoms with Gasteiger partial charge in [-0.3, -0.25) is 4.79 Å². The smallest absolute Gasteiger partial charge is 0.281 e. The Morgan fingerprint density at radius 3 is 2.30 bits per heavy atom. The van der Waals surface area contributed by atoms with Crippen LogP contribution in [0.2, 0.25) is 0 Å². The highest BCUT2D eigenvalue weighted by Crippen LogP contribution is 2.05. The van der Waals surface area contributed by atoms with E-state index in [1.807, 2.05) is 24.3 Å². The van der Waals surface area contributed by atoms with Crippen LogP contribution in [0.25, 0.3) is 0 Å². The number of benzene rings is 1. The van der Waals surface area contributed by atoms with Crippen LogP contribution in [0.4, 0.5) is 0 Å². The summed E-state index contributed by atoms with van der Waals surface area (Å²) in [5.41, 5.74) is 2.05. The van der Waals surface area contributed by atoms with Crippen LogP contribution in [0.1, 0.15) is 11.1 Å². The van der Waals surface area contributed by atoms with Gasteiger partial charge in [0, 0.05) is 5.33 Å². The van der Waals surface area contributed by atoms with E-state index in [-0.39, 0.29) is 0 Å². The van der Waals surface area contributed by atoms with E-state index in [0.717, 1.165) is 17.2 Å². The van der Waals surface area contributed by atoms with E-state index in [9.17, 15) is 0 Å². The molecule has 0 saturated heterocycles. The van der Waals surface area contributed by atoms with Crippen molar-refractivity contribution in [3.63, 3.8) is 0 Å². The summed E-state index contributed by atoms with van der Waals surface area (Å²) >= 11 is 3.33. The highest BCUT2D eigenvalue weighted by molar-refractivity contribution is 9.08. The summed E-state index contributed by atoms with van der Waals surface area (Å²) in [6, 6.07) is 7.68. The molecule has 1 aromatic rings. The van der Waals surface area contributed by atoms with Crippen LogP contribution in [0.15, 0.2) is 24.3 Å². The van der Waals surface area contributed by atoms with Gasteiger partial charge in [0.25, 0.3) is 0 Å². The fraction of sp³-hybridized carbons (Fsp3) is 0.125. The molecule has 0 radical (unpaired) electrons. The Balaban J connectivity index is 2.90. The standard InChI is InChI=1S/C8H7BrO/c9-5-7-1-3-8(6-10)4-2-7/h1-4,6H,5H2/p+1. The maximum atomic E-state index is 8.56. The van der Waals surface area contributed by atoms with Crippen molar-refractivity contribution in [2.24, 2.45) is 0 Å². The van der Waals surface area contributed by atoms with Crippen molar-refractivity contribution in [2.75, 3.05) is 0 Å². The summed E-state index contributed by atoms with van der Waals surface area (Å²) in [5.74, 6) is 0. The summed E-state index contributed by atoms with van der Waals surface area (Å²) in [4.78, 5) is 8.56. The molecule has 2 heteroatoms. The van der Waals surface area contributed by atoms with E-state index in [4.69, 9.17) is 4.79 Å². The van der Waals surface area contributed by atoms with Crippen molar-refractivity contribution in [1.29, 1.82) is 0 Å². The Labute approximate surface area is 68.2 Å². The minimum absolute atomic E-state index is 0.838. The van der Waals surface area contributed by atoms with E-state index >= 15 is 0 Å². The Bertz CT molecular complexity index is 215. The number of alkyl halides is 1. The average molecular weight is 200 g/mol. The van der Waals surface area contributed by atoms with E-state index in [1.54, 1.807) is 0 Å². The van der Waals surface area contributed by atoms with E-state index in [1.165, 1.54) is 5.56 Å². The zero-order chi connectivity index (χ0) is 7.40. The minimum atomic E-state index is 0.838. The van der Waals surface area contributed by atoms with Gasteiger partial charge in [-0.15, -0.1) is 0 Å². The molecule has 0 fully saturated rings. The second-order valence-electron chi connectivity index (χ2n) is 2.00. The van der Waals surface area contributed by atoms with Crippen LogP contribution < -0.4 is 0 Å². The lowest BCUT2D eigenvalue weighted by molar-refractivity contribution is 0.695. The van der Waals surface area contributed by atoms with Crippen LogP contribution in [-0.4, -0.2) is 11.1 Å². The number of carbonyl (C=O) groups excluding carboxylic acids is 1. The topological polar surface area (TPSA) is 21.4 Å². The fourth-order valence-corrected chi connectivity index (χ4v) is 1.07. The Morgan fingerprint density at radius 2 is 1.90 bits per heavy atom. The van der Waals surface area contributed by atoms with Crippen molar-refractivity contribution < 1.29 is 4.79 Å². The normalized spacial score (nSPS) is 9.30. The van der Waals surface area contributed by atoms with Crippen LogP contribution in [-0.2, 0) is 5.33 Å². The molecular formula is C8H8BrO+. The van der Waals surface area contributed by atoms with Gasteiger partial charge in [-0.05, 0) is 17.7 Å². The summed E-state index contributed by atoms with van der Waals surface area (Å²) in [6.45, 7) is 0. The zero-order valence-electron chi connectivity index (χ0n) is 5.42. The second kappa shape index (κ2) is 3.52. The maximum Gasteiger partial charge on any atom is 0.312 e. The third kappa shape index (κ3) is 1.67. The second-order valence-corrected chi connectivity index (χ2v) is 2.57. The van der Waals surface area contributed by atoms with Gasteiger partial charge in [0.1, 0.15) is 0 Å². The minimum Gasteiger partial charge on any atom is -0.281 e. The molecule has 0 aliphatic rings. The molecule has 1 N–H and O–H groups in total. The summed E-state index contributed by atoms with van der Waals surface area (Å²) in [5, 5.41) is 0.860. The van der Waals surface area contributed by atoms with Crippen LogP contribution >= 0.6 is 15.9 Å². The largest absolute Gasteiger partial charge is 0.312 e. The first-order valence-electron chi connectivity index (χ1n) is 2.99. The Hall–Kier alpha value is -0.630. The van der Waals surface area contributed by atoms with Crippen LogP contribution in [0, 0.1) is 0 Å². The lowest BCUT2D eigenvalue weighted by atomic mass is 10.2. The Kier molecular flexibility index (Phi) is 2.63. The van der Waals surface area contributed by atoms with Crippen molar-refractivity contribution in [3.05, 3.63) is 35.4 Å². The molecule has 0 saturated carbocycles. The number of halogens is 1. The predicted octanol–water partition coefficient (Wildman–Crippen LogP) is 2.10. The van der Waals surface area contributed by atoms with Gasteiger partial charge in [0.2, 0.25) is 0 Å². The maximum absolute atomic E-state index is 8.56. The van der Waals surface area contributed by atoms with Gasteiger partial charge >= 0.3 is 6.29 Å². The highest BCUT2D eigenvalue weighted by atomic mass is 79.9. The van der Waals surface area contributed by atoms with E-state index in [0.29, 0.717) is 0 Å². The monoisotopic (exact) mass is 199 g/mol. The molecule has 0 aliphatic heterocycles.